The average molecular weight is 237 g/mol. The predicted octanol–water partition coefficient (Wildman–Crippen LogP) is 3.21. The van der Waals surface area contributed by atoms with Crippen LogP contribution in [0, 0.1) is 5.92 Å². The third-order valence-corrected chi connectivity index (χ3v) is 2.66. The first-order valence-corrected chi connectivity index (χ1v) is 6.64. The number of nitrogens with one attached hydrogen (secondary N) is 1. The van der Waals surface area contributed by atoms with Crippen LogP contribution in [0.3, 0.4) is 0 Å². The first-order chi connectivity index (χ1) is 7.87. The number of hydrogen-bond acceptors (Lipinski definition) is 2. The van der Waals surface area contributed by atoms with Crippen LogP contribution in [0.1, 0.15) is 53.2 Å². The van der Waals surface area contributed by atoms with Crippen LogP contribution >= 0.6 is 0 Å². The van der Waals surface area contributed by atoms with Gasteiger partial charge < -0.3 is 5.32 Å². The molecule has 98 valence electrons. The molecule has 0 aromatic carbocycles. The predicted molar refractivity (Wildman–Crippen MR) is 72.9 cm³/mol. The quantitative estimate of drug-likeness (QED) is 0.823. The fourth-order valence-electron chi connectivity index (χ4n) is 1.64. The van der Waals surface area contributed by atoms with E-state index in [0.717, 1.165) is 24.7 Å². The van der Waals surface area contributed by atoms with Crippen molar-refractivity contribution in [1.29, 1.82) is 0 Å². The van der Waals surface area contributed by atoms with Gasteiger partial charge in [-0.2, -0.15) is 5.10 Å². The van der Waals surface area contributed by atoms with Gasteiger partial charge in [-0.1, -0.05) is 13.8 Å². The van der Waals surface area contributed by atoms with Crippen LogP contribution in [0.5, 0.6) is 0 Å². The van der Waals surface area contributed by atoms with Crippen LogP contribution in [0.2, 0.25) is 0 Å². The standard InChI is InChI=1S/C14H27N3/c1-12(2)7-6-9-17-10-8-13(16-17)11-15-14(3,4)5/h8,10,12,15H,6-7,9,11H2,1-5H3. The monoisotopic (exact) mass is 237 g/mol. The van der Waals surface area contributed by atoms with Gasteiger partial charge in [-0.15, -0.1) is 0 Å². The smallest absolute Gasteiger partial charge is 0.0762 e. The van der Waals surface area contributed by atoms with Gasteiger partial charge in [0.1, 0.15) is 0 Å². The van der Waals surface area contributed by atoms with Crippen LogP contribution in [0.25, 0.3) is 0 Å². The second kappa shape index (κ2) is 6.20. The van der Waals surface area contributed by atoms with E-state index < -0.39 is 0 Å². The molecule has 0 saturated heterocycles. The molecule has 1 aromatic heterocycles. The molecule has 3 nitrogen and oxygen atoms in total. The van der Waals surface area contributed by atoms with E-state index >= 15 is 0 Å². The first-order valence-electron chi connectivity index (χ1n) is 6.64. The summed E-state index contributed by atoms with van der Waals surface area (Å²) in [6.07, 6.45) is 4.57. The van der Waals surface area contributed by atoms with Gasteiger partial charge in [0.15, 0.2) is 0 Å². The molecule has 1 heterocycles. The Hall–Kier alpha value is -0.830. The summed E-state index contributed by atoms with van der Waals surface area (Å²) in [7, 11) is 0. The maximum Gasteiger partial charge on any atom is 0.0762 e. The van der Waals surface area contributed by atoms with E-state index in [1.54, 1.807) is 0 Å². The van der Waals surface area contributed by atoms with Gasteiger partial charge in [0.25, 0.3) is 0 Å². The van der Waals surface area contributed by atoms with Crippen molar-refractivity contribution in [3.8, 4) is 0 Å². The minimum Gasteiger partial charge on any atom is -0.306 e. The van der Waals surface area contributed by atoms with Gasteiger partial charge in [-0.25, -0.2) is 0 Å². The van der Waals surface area contributed by atoms with Crippen molar-refractivity contribution >= 4 is 0 Å². The molecule has 0 fully saturated rings. The number of rotatable bonds is 6. The highest BCUT2D eigenvalue weighted by atomic mass is 15.3. The molecule has 0 amide bonds. The molecule has 1 N–H and O–H groups in total. The second-order valence-corrected chi connectivity index (χ2v) is 6.21. The van der Waals surface area contributed by atoms with E-state index in [1.165, 1.54) is 12.8 Å². The lowest BCUT2D eigenvalue weighted by molar-refractivity contribution is 0.417. The molecule has 1 rings (SSSR count). The van der Waals surface area contributed by atoms with Crippen LogP contribution in [0.15, 0.2) is 12.3 Å². The fourth-order valence-corrected chi connectivity index (χ4v) is 1.64. The van der Waals surface area contributed by atoms with Crippen LogP contribution < -0.4 is 5.32 Å². The molecule has 0 aliphatic carbocycles. The summed E-state index contributed by atoms with van der Waals surface area (Å²) in [5, 5.41) is 8.01. The first kappa shape index (κ1) is 14.2. The zero-order valence-corrected chi connectivity index (χ0v) is 12.0. The summed E-state index contributed by atoms with van der Waals surface area (Å²) >= 11 is 0. The van der Waals surface area contributed by atoms with Crippen molar-refractivity contribution < 1.29 is 0 Å². The highest BCUT2D eigenvalue weighted by molar-refractivity contribution is 4.99. The lowest BCUT2D eigenvalue weighted by Gasteiger charge is -2.19. The van der Waals surface area contributed by atoms with E-state index in [2.05, 4.69) is 62.0 Å². The van der Waals surface area contributed by atoms with Gasteiger partial charge in [-0.05, 0) is 45.6 Å². The topological polar surface area (TPSA) is 29.9 Å². The molecule has 0 atom stereocenters. The summed E-state index contributed by atoms with van der Waals surface area (Å²) < 4.78 is 2.06. The van der Waals surface area contributed by atoms with Crippen molar-refractivity contribution in [1.82, 2.24) is 15.1 Å². The largest absolute Gasteiger partial charge is 0.306 e. The Labute approximate surface area is 106 Å². The Bertz CT molecular complexity index is 320. The van der Waals surface area contributed by atoms with E-state index in [9.17, 15) is 0 Å². The van der Waals surface area contributed by atoms with E-state index in [4.69, 9.17) is 0 Å². The van der Waals surface area contributed by atoms with Gasteiger partial charge in [0, 0.05) is 24.8 Å². The minimum absolute atomic E-state index is 0.154. The van der Waals surface area contributed by atoms with E-state index in [0.29, 0.717) is 0 Å². The molecule has 0 aliphatic heterocycles. The van der Waals surface area contributed by atoms with Crippen molar-refractivity contribution in [3.63, 3.8) is 0 Å². The highest BCUT2D eigenvalue weighted by Crippen LogP contribution is 2.06. The molecule has 0 spiro atoms. The van der Waals surface area contributed by atoms with Crippen molar-refractivity contribution in [3.05, 3.63) is 18.0 Å². The van der Waals surface area contributed by atoms with E-state index in [-0.39, 0.29) is 5.54 Å². The molecule has 0 bridgehead atoms. The molecule has 1 aromatic rings. The maximum absolute atomic E-state index is 4.56. The van der Waals surface area contributed by atoms with Gasteiger partial charge in [-0.3, -0.25) is 4.68 Å². The number of hydrogen-bond donors (Lipinski definition) is 1. The molecule has 3 heteroatoms. The molecule has 0 radical (unpaired) electrons. The fraction of sp³-hybridized carbons (Fsp3) is 0.786. The third-order valence-electron chi connectivity index (χ3n) is 2.66. The van der Waals surface area contributed by atoms with Crippen molar-refractivity contribution in [2.24, 2.45) is 5.92 Å². The normalized spacial score (nSPS) is 12.4. The minimum atomic E-state index is 0.154. The molecule has 0 unspecified atom stereocenters. The molecule has 0 saturated carbocycles. The maximum atomic E-state index is 4.56. The molecule has 17 heavy (non-hydrogen) atoms. The molecular weight excluding hydrogens is 210 g/mol. The van der Waals surface area contributed by atoms with Gasteiger partial charge >= 0.3 is 0 Å². The lowest BCUT2D eigenvalue weighted by Crippen LogP contribution is -2.35. The number of nitrogens with zero attached hydrogens (tertiary/aromatic N) is 2. The van der Waals surface area contributed by atoms with Crippen molar-refractivity contribution in [2.75, 3.05) is 0 Å². The van der Waals surface area contributed by atoms with Crippen LogP contribution in [0.4, 0.5) is 0 Å². The summed E-state index contributed by atoms with van der Waals surface area (Å²) in [6.45, 7) is 12.9. The Morgan fingerprint density at radius 1 is 1.35 bits per heavy atom. The van der Waals surface area contributed by atoms with Gasteiger partial charge in [0.05, 0.1) is 5.69 Å². The second-order valence-electron chi connectivity index (χ2n) is 6.21. The third kappa shape index (κ3) is 6.47. The molecule has 0 aliphatic rings. The Balaban J connectivity index is 2.32. The van der Waals surface area contributed by atoms with E-state index in [1.807, 2.05) is 0 Å². The summed E-state index contributed by atoms with van der Waals surface area (Å²) in [6, 6.07) is 2.11. The average Bonchev–Trinajstić information content (AvgIpc) is 2.61. The summed E-state index contributed by atoms with van der Waals surface area (Å²) in [4.78, 5) is 0. The summed E-state index contributed by atoms with van der Waals surface area (Å²) in [5.41, 5.74) is 1.28. The summed E-state index contributed by atoms with van der Waals surface area (Å²) in [5.74, 6) is 0.785. The zero-order chi connectivity index (χ0) is 12.9. The van der Waals surface area contributed by atoms with Gasteiger partial charge in [0.2, 0.25) is 0 Å². The number of aryl methyl sites for hydroxylation is 1. The highest BCUT2D eigenvalue weighted by Gasteiger charge is 2.09. The zero-order valence-electron chi connectivity index (χ0n) is 12.0. The van der Waals surface area contributed by atoms with Crippen LogP contribution in [-0.2, 0) is 13.1 Å². The lowest BCUT2D eigenvalue weighted by atomic mass is 10.1. The van der Waals surface area contributed by atoms with Crippen LogP contribution in [-0.4, -0.2) is 15.3 Å². The Morgan fingerprint density at radius 2 is 2.06 bits per heavy atom. The molecular formula is C14H27N3. The van der Waals surface area contributed by atoms with Crippen molar-refractivity contribution in [2.45, 2.75) is 66.1 Å². The Morgan fingerprint density at radius 3 is 2.65 bits per heavy atom. The number of aromatic nitrogens is 2. The SMILES string of the molecule is CC(C)CCCn1ccc(CNC(C)(C)C)n1. The Kier molecular flexibility index (Phi) is 5.19.